The third kappa shape index (κ3) is 5.22. The Kier molecular flexibility index (Phi) is 6.51. The Labute approximate surface area is 183 Å². The Bertz CT molecular complexity index is 909. The van der Waals surface area contributed by atoms with E-state index in [1.54, 1.807) is 0 Å². The first-order chi connectivity index (χ1) is 15.0. The number of urea groups is 1. The van der Waals surface area contributed by atoms with Gasteiger partial charge in [0.1, 0.15) is 5.75 Å². The maximum Gasteiger partial charge on any atom is 0.320 e. The summed E-state index contributed by atoms with van der Waals surface area (Å²) in [6, 6.07) is 14.0. The van der Waals surface area contributed by atoms with Gasteiger partial charge in [-0.2, -0.15) is 0 Å². The average molecular weight is 426 g/mol. The van der Waals surface area contributed by atoms with Gasteiger partial charge in [0, 0.05) is 32.7 Å². The molecule has 0 saturated carbocycles. The fourth-order valence-corrected chi connectivity index (χ4v) is 3.96. The summed E-state index contributed by atoms with van der Waals surface area (Å²) in [6.07, 6.45) is -0.404. The number of para-hydroxylation sites is 1. The maximum absolute atomic E-state index is 12.7. The highest BCUT2D eigenvalue weighted by Gasteiger charge is 2.23. The zero-order chi connectivity index (χ0) is 21.8. The van der Waals surface area contributed by atoms with Crippen molar-refractivity contribution in [3.05, 3.63) is 53.6 Å². The Morgan fingerprint density at radius 1 is 1.03 bits per heavy atom. The van der Waals surface area contributed by atoms with Crippen LogP contribution in [-0.4, -0.2) is 55.0 Å². The minimum atomic E-state index is -0.404. The highest BCUT2D eigenvalue weighted by atomic mass is 16.7. The number of hydrogen-bond acceptors (Lipinski definition) is 5. The lowest BCUT2D eigenvalue weighted by Gasteiger charge is -2.35. The summed E-state index contributed by atoms with van der Waals surface area (Å²) in [5.41, 5.74) is 2.33. The van der Waals surface area contributed by atoms with Gasteiger partial charge in [-0.05, 0) is 42.2 Å². The third-order valence-electron chi connectivity index (χ3n) is 5.67. The molecular weight excluding hydrogens is 394 g/mol. The number of rotatable bonds is 6. The van der Waals surface area contributed by atoms with Gasteiger partial charge >= 0.3 is 6.03 Å². The first-order valence-corrected chi connectivity index (χ1v) is 10.9. The number of nitrogens with one attached hydrogen (secondary N) is 1. The normalized spacial score (nSPS) is 17.0. The number of carbonyl (C=O) groups excluding carboxylic acids is 1. The van der Waals surface area contributed by atoms with Crippen LogP contribution in [0.15, 0.2) is 42.5 Å². The molecular formula is C24H31N3O4. The fourth-order valence-electron chi connectivity index (χ4n) is 3.96. The molecule has 0 aromatic heterocycles. The minimum absolute atomic E-state index is 0.0859. The summed E-state index contributed by atoms with van der Waals surface area (Å²) in [5, 5.41) is 2.97. The summed E-state index contributed by atoms with van der Waals surface area (Å²) in [7, 11) is 0. The molecule has 1 unspecified atom stereocenters. The standard InChI is InChI=1S/C24H31N3O4/c1-17(2)20-6-4-5-7-21(20)31-18(3)25-24(28)27-12-10-26(11-13-27)15-19-8-9-22-23(14-19)30-16-29-22/h4-9,14,17-18H,10-13,15-16H2,1-3H3,(H,25,28). The smallest absolute Gasteiger partial charge is 0.320 e. The van der Waals surface area contributed by atoms with E-state index in [-0.39, 0.29) is 12.8 Å². The van der Waals surface area contributed by atoms with Crippen molar-refractivity contribution < 1.29 is 19.0 Å². The second kappa shape index (κ2) is 9.47. The molecule has 2 aliphatic heterocycles. The van der Waals surface area contributed by atoms with E-state index in [2.05, 4.69) is 36.2 Å². The molecule has 1 atom stereocenters. The van der Waals surface area contributed by atoms with E-state index in [1.165, 1.54) is 5.56 Å². The molecule has 1 N–H and O–H groups in total. The second-order valence-electron chi connectivity index (χ2n) is 8.35. The Morgan fingerprint density at radius 3 is 2.55 bits per heavy atom. The van der Waals surface area contributed by atoms with Crippen molar-refractivity contribution >= 4 is 6.03 Å². The SMILES string of the molecule is CC(NC(=O)N1CCN(Cc2ccc3c(c2)OCO3)CC1)Oc1ccccc1C(C)C. The average Bonchev–Trinajstić information content (AvgIpc) is 3.22. The second-order valence-corrected chi connectivity index (χ2v) is 8.35. The van der Waals surface area contributed by atoms with Crippen molar-refractivity contribution in [2.24, 2.45) is 0 Å². The number of nitrogens with zero attached hydrogens (tertiary/aromatic N) is 2. The van der Waals surface area contributed by atoms with Gasteiger partial charge in [0.05, 0.1) is 0 Å². The van der Waals surface area contributed by atoms with E-state index in [9.17, 15) is 4.79 Å². The molecule has 0 radical (unpaired) electrons. The van der Waals surface area contributed by atoms with Gasteiger partial charge in [-0.3, -0.25) is 4.90 Å². The van der Waals surface area contributed by atoms with Gasteiger partial charge in [-0.1, -0.05) is 38.1 Å². The number of ether oxygens (including phenoxy) is 3. The van der Waals surface area contributed by atoms with E-state index in [0.29, 0.717) is 19.0 Å². The molecule has 2 heterocycles. The molecule has 1 saturated heterocycles. The van der Waals surface area contributed by atoms with Crippen LogP contribution in [-0.2, 0) is 6.54 Å². The van der Waals surface area contributed by atoms with Crippen molar-refractivity contribution in [1.82, 2.24) is 15.1 Å². The van der Waals surface area contributed by atoms with Crippen LogP contribution in [0.4, 0.5) is 4.79 Å². The molecule has 0 spiro atoms. The predicted octanol–water partition coefficient (Wildman–Crippen LogP) is 3.79. The monoisotopic (exact) mass is 425 g/mol. The van der Waals surface area contributed by atoms with E-state index in [0.717, 1.165) is 42.4 Å². The Hall–Kier alpha value is -2.93. The summed E-state index contributed by atoms with van der Waals surface area (Å²) in [4.78, 5) is 16.9. The highest BCUT2D eigenvalue weighted by Crippen LogP contribution is 2.33. The lowest BCUT2D eigenvalue weighted by Crippen LogP contribution is -2.53. The number of fused-ring (bicyclic) bond motifs is 1. The minimum Gasteiger partial charge on any atom is -0.471 e. The van der Waals surface area contributed by atoms with Crippen molar-refractivity contribution in [3.63, 3.8) is 0 Å². The molecule has 31 heavy (non-hydrogen) atoms. The van der Waals surface area contributed by atoms with Crippen LogP contribution in [0.5, 0.6) is 17.2 Å². The number of carbonyl (C=O) groups is 1. The number of amides is 2. The van der Waals surface area contributed by atoms with Crippen LogP contribution in [0.3, 0.4) is 0 Å². The Balaban J connectivity index is 1.25. The highest BCUT2D eigenvalue weighted by molar-refractivity contribution is 5.74. The van der Waals surface area contributed by atoms with E-state index < -0.39 is 6.23 Å². The van der Waals surface area contributed by atoms with Gasteiger partial charge in [0.2, 0.25) is 6.79 Å². The van der Waals surface area contributed by atoms with Gasteiger partial charge in [0.15, 0.2) is 17.7 Å². The largest absolute Gasteiger partial charge is 0.471 e. The topological polar surface area (TPSA) is 63.3 Å². The van der Waals surface area contributed by atoms with Gasteiger partial charge in [-0.15, -0.1) is 0 Å². The number of benzene rings is 2. The molecule has 1 fully saturated rings. The van der Waals surface area contributed by atoms with Crippen molar-refractivity contribution in [3.8, 4) is 17.2 Å². The molecule has 7 nitrogen and oxygen atoms in total. The summed E-state index contributed by atoms with van der Waals surface area (Å²) in [6.45, 7) is 10.3. The number of piperazine rings is 1. The molecule has 0 bridgehead atoms. The van der Waals surface area contributed by atoms with Crippen LogP contribution in [0.25, 0.3) is 0 Å². The van der Waals surface area contributed by atoms with E-state index >= 15 is 0 Å². The van der Waals surface area contributed by atoms with Gasteiger partial charge in [-0.25, -0.2) is 4.79 Å². The van der Waals surface area contributed by atoms with Crippen molar-refractivity contribution in [2.45, 2.75) is 39.5 Å². The first-order valence-electron chi connectivity index (χ1n) is 10.9. The van der Waals surface area contributed by atoms with Gasteiger partial charge in [0.25, 0.3) is 0 Å². The number of hydrogen-bond donors (Lipinski definition) is 1. The molecule has 2 aromatic carbocycles. The van der Waals surface area contributed by atoms with Gasteiger partial charge < -0.3 is 24.4 Å². The van der Waals surface area contributed by atoms with Crippen LogP contribution >= 0.6 is 0 Å². The Morgan fingerprint density at radius 2 is 1.77 bits per heavy atom. The van der Waals surface area contributed by atoms with Crippen LogP contribution in [0.2, 0.25) is 0 Å². The molecule has 2 aliphatic rings. The zero-order valence-electron chi connectivity index (χ0n) is 18.5. The first kappa shape index (κ1) is 21.3. The fraction of sp³-hybridized carbons (Fsp3) is 0.458. The molecule has 0 aliphatic carbocycles. The summed E-state index contributed by atoms with van der Waals surface area (Å²) in [5.74, 6) is 2.79. The van der Waals surface area contributed by atoms with Crippen LogP contribution < -0.4 is 19.5 Å². The summed E-state index contributed by atoms with van der Waals surface area (Å²) >= 11 is 0. The van der Waals surface area contributed by atoms with Crippen molar-refractivity contribution in [1.29, 1.82) is 0 Å². The molecule has 2 amide bonds. The molecule has 166 valence electrons. The quantitative estimate of drug-likeness (QED) is 0.714. The lowest BCUT2D eigenvalue weighted by molar-refractivity contribution is 0.118. The summed E-state index contributed by atoms with van der Waals surface area (Å²) < 4.78 is 16.9. The van der Waals surface area contributed by atoms with E-state index in [1.807, 2.05) is 42.2 Å². The maximum atomic E-state index is 12.7. The van der Waals surface area contributed by atoms with E-state index in [4.69, 9.17) is 14.2 Å². The van der Waals surface area contributed by atoms with Crippen LogP contribution in [0, 0.1) is 0 Å². The van der Waals surface area contributed by atoms with Crippen LogP contribution in [0.1, 0.15) is 37.8 Å². The third-order valence-corrected chi connectivity index (χ3v) is 5.67. The molecule has 2 aromatic rings. The molecule has 7 heteroatoms. The lowest BCUT2D eigenvalue weighted by atomic mass is 10.0. The zero-order valence-corrected chi connectivity index (χ0v) is 18.5. The molecule has 4 rings (SSSR count). The van der Waals surface area contributed by atoms with Crippen molar-refractivity contribution in [2.75, 3.05) is 33.0 Å². The predicted molar refractivity (Wildman–Crippen MR) is 119 cm³/mol.